The van der Waals surface area contributed by atoms with Gasteiger partial charge in [-0.1, -0.05) is 48.0 Å². The van der Waals surface area contributed by atoms with Gasteiger partial charge in [-0.05, 0) is 37.8 Å². The highest BCUT2D eigenvalue weighted by molar-refractivity contribution is 6.15. The number of carbonyl (C=O) groups excluding carboxylic acids is 4. The summed E-state index contributed by atoms with van der Waals surface area (Å²) >= 11 is 0. The molecule has 3 aliphatic rings. The number of amides is 4. The fourth-order valence-electron chi connectivity index (χ4n) is 5.97. The monoisotopic (exact) mass is 460 g/mol. The highest BCUT2D eigenvalue weighted by Gasteiger charge is 2.70. The van der Waals surface area contributed by atoms with Crippen molar-refractivity contribution in [3.05, 3.63) is 64.7 Å². The number of nitrogens with two attached hydrogens (primary N) is 1. The van der Waals surface area contributed by atoms with Gasteiger partial charge < -0.3 is 11.1 Å². The van der Waals surface area contributed by atoms with E-state index in [0.29, 0.717) is 17.7 Å². The lowest BCUT2D eigenvalue weighted by atomic mass is 9.75. The van der Waals surface area contributed by atoms with E-state index in [9.17, 15) is 19.2 Å². The summed E-state index contributed by atoms with van der Waals surface area (Å²) in [6, 6.07) is 13.0. The van der Waals surface area contributed by atoms with Gasteiger partial charge in [0.05, 0.1) is 11.8 Å². The average Bonchev–Trinajstić information content (AvgIpc) is 3.37. The minimum absolute atomic E-state index is 0.0593. The van der Waals surface area contributed by atoms with Crippen molar-refractivity contribution in [1.29, 1.82) is 0 Å². The van der Waals surface area contributed by atoms with Crippen LogP contribution < -0.4 is 16.4 Å². The maximum atomic E-state index is 13.8. The molecule has 8 heteroatoms. The summed E-state index contributed by atoms with van der Waals surface area (Å²) in [6.07, 6.45) is 0.867. The lowest BCUT2D eigenvalue weighted by Gasteiger charge is -2.30. The summed E-state index contributed by atoms with van der Waals surface area (Å²) in [5.74, 6) is -3.08. The van der Waals surface area contributed by atoms with Crippen LogP contribution in [-0.2, 0) is 31.1 Å². The molecule has 2 aromatic carbocycles. The van der Waals surface area contributed by atoms with E-state index >= 15 is 0 Å². The summed E-state index contributed by atoms with van der Waals surface area (Å²) in [7, 11) is 0. The maximum Gasteiger partial charge on any atom is 0.250 e. The lowest BCUT2D eigenvalue weighted by Crippen LogP contribution is -2.53. The van der Waals surface area contributed by atoms with Crippen molar-refractivity contribution in [2.24, 2.45) is 17.6 Å². The zero-order valence-electron chi connectivity index (χ0n) is 19.3. The molecule has 4 N–H and O–H groups in total. The van der Waals surface area contributed by atoms with E-state index in [1.54, 1.807) is 0 Å². The fraction of sp³-hybridized carbons (Fsp3) is 0.385. The van der Waals surface area contributed by atoms with Crippen LogP contribution in [0.3, 0.4) is 0 Å². The highest BCUT2D eigenvalue weighted by atomic mass is 16.2. The Morgan fingerprint density at radius 1 is 1.09 bits per heavy atom. The predicted molar refractivity (Wildman–Crippen MR) is 125 cm³/mol. The quantitative estimate of drug-likeness (QED) is 0.565. The van der Waals surface area contributed by atoms with Crippen LogP contribution in [0.5, 0.6) is 0 Å². The first-order chi connectivity index (χ1) is 16.2. The molecule has 5 rings (SSSR count). The molecule has 4 amide bonds. The van der Waals surface area contributed by atoms with Gasteiger partial charge in [0.15, 0.2) is 0 Å². The van der Waals surface area contributed by atoms with Crippen LogP contribution in [0.1, 0.15) is 35.1 Å². The molecule has 0 saturated carbocycles. The fourth-order valence-corrected chi connectivity index (χ4v) is 5.97. The summed E-state index contributed by atoms with van der Waals surface area (Å²) in [6.45, 7) is 4.10. The number of benzene rings is 2. The largest absolute Gasteiger partial charge is 0.370 e. The minimum Gasteiger partial charge on any atom is -0.370 e. The second kappa shape index (κ2) is 8.06. The molecule has 2 aromatic rings. The number of rotatable bonds is 6. The predicted octanol–water partition coefficient (Wildman–Crippen LogP) is 1.53. The second-order valence-electron chi connectivity index (χ2n) is 9.59. The first-order valence-electron chi connectivity index (χ1n) is 11.6. The molecular formula is C26H28N4O4. The Morgan fingerprint density at radius 2 is 1.82 bits per heavy atom. The van der Waals surface area contributed by atoms with Gasteiger partial charge in [-0.3, -0.25) is 29.4 Å². The van der Waals surface area contributed by atoms with E-state index in [4.69, 9.17) is 5.73 Å². The normalized spacial score (nSPS) is 27.3. The van der Waals surface area contributed by atoms with Crippen molar-refractivity contribution in [1.82, 2.24) is 10.2 Å². The van der Waals surface area contributed by atoms with Crippen molar-refractivity contribution < 1.29 is 19.2 Å². The minimum atomic E-state index is -1.35. The van der Waals surface area contributed by atoms with E-state index < -0.39 is 29.3 Å². The molecule has 176 valence electrons. The molecule has 2 fully saturated rings. The molecular weight excluding hydrogens is 432 g/mol. The number of likely N-dealkylation sites (tertiary alicyclic amines) is 1. The Kier molecular flexibility index (Phi) is 5.28. The number of fused-ring (bicyclic) bond motifs is 4. The van der Waals surface area contributed by atoms with Crippen molar-refractivity contribution >= 4 is 29.3 Å². The van der Waals surface area contributed by atoms with Gasteiger partial charge in [0.25, 0.3) is 0 Å². The van der Waals surface area contributed by atoms with Crippen LogP contribution in [0, 0.1) is 25.7 Å². The van der Waals surface area contributed by atoms with Crippen molar-refractivity contribution in [2.45, 2.75) is 44.7 Å². The van der Waals surface area contributed by atoms with E-state index in [2.05, 4.69) is 10.6 Å². The Labute approximate surface area is 197 Å². The molecule has 8 nitrogen and oxygen atoms in total. The highest BCUT2D eigenvalue weighted by Crippen LogP contribution is 2.54. The molecule has 0 aromatic heterocycles. The number of aryl methyl sites for hydroxylation is 2. The summed E-state index contributed by atoms with van der Waals surface area (Å²) < 4.78 is 0. The standard InChI is InChI=1S/C26H28N4O4/c1-14-12-15(2)22-17(13-14)26(25(34)28-22)21-20(18(29-26)8-9-19(27)31)23(32)30(24(21)33)11-10-16-6-4-3-5-7-16/h3-7,12-13,18,20-21,29H,8-11H2,1-2H3,(H2,27,31)(H,28,34)/t18-,20+,21-,26-/m0/s1. The number of hydrogen-bond acceptors (Lipinski definition) is 5. The number of carbonyl (C=O) groups is 4. The maximum absolute atomic E-state index is 13.8. The summed E-state index contributed by atoms with van der Waals surface area (Å²) in [4.78, 5) is 53.7. The van der Waals surface area contributed by atoms with E-state index in [-0.39, 0.29) is 37.1 Å². The van der Waals surface area contributed by atoms with Gasteiger partial charge in [-0.25, -0.2) is 0 Å². The summed E-state index contributed by atoms with van der Waals surface area (Å²) in [5, 5.41) is 6.31. The first kappa shape index (κ1) is 22.3. The topological polar surface area (TPSA) is 122 Å². The third kappa shape index (κ3) is 3.24. The SMILES string of the molecule is Cc1cc(C)c2c(c1)[C@@]1(N[C@@H](CCC(N)=O)[C@H]3C(=O)N(CCc4ccccc4)C(=O)[C@H]31)C(=O)N2. The molecule has 3 aliphatic heterocycles. The molecule has 1 spiro atoms. The second-order valence-corrected chi connectivity index (χ2v) is 9.59. The molecule has 4 atom stereocenters. The van der Waals surface area contributed by atoms with Crippen LogP contribution in [0.4, 0.5) is 5.69 Å². The van der Waals surface area contributed by atoms with E-state index in [1.807, 2.05) is 56.3 Å². The van der Waals surface area contributed by atoms with Crippen LogP contribution in [0.2, 0.25) is 0 Å². The average molecular weight is 461 g/mol. The molecule has 3 heterocycles. The Hall–Kier alpha value is -3.52. The molecule has 0 radical (unpaired) electrons. The third-order valence-electron chi connectivity index (χ3n) is 7.43. The summed E-state index contributed by atoms with van der Waals surface area (Å²) in [5.41, 5.74) is 8.29. The van der Waals surface area contributed by atoms with Crippen LogP contribution in [0.15, 0.2) is 42.5 Å². The Morgan fingerprint density at radius 3 is 2.53 bits per heavy atom. The lowest BCUT2D eigenvalue weighted by molar-refractivity contribution is -0.142. The van der Waals surface area contributed by atoms with Crippen LogP contribution in [0.25, 0.3) is 0 Å². The molecule has 34 heavy (non-hydrogen) atoms. The molecule has 0 bridgehead atoms. The van der Waals surface area contributed by atoms with Crippen molar-refractivity contribution in [3.8, 4) is 0 Å². The van der Waals surface area contributed by atoms with Crippen molar-refractivity contribution in [2.75, 3.05) is 11.9 Å². The number of anilines is 1. The van der Waals surface area contributed by atoms with Crippen LogP contribution in [-0.4, -0.2) is 41.1 Å². The van der Waals surface area contributed by atoms with Gasteiger partial charge >= 0.3 is 0 Å². The number of hydrogen-bond donors (Lipinski definition) is 3. The molecule has 0 aliphatic carbocycles. The zero-order valence-corrected chi connectivity index (χ0v) is 19.3. The van der Waals surface area contributed by atoms with Crippen LogP contribution >= 0.6 is 0 Å². The van der Waals surface area contributed by atoms with Gasteiger partial charge in [-0.2, -0.15) is 0 Å². The van der Waals surface area contributed by atoms with Gasteiger partial charge in [0, 0.05) is 30.3 Å². The number of nitrogens with one attached hydrogen (secondary N) is 2. The van der Waals surface area contributed by atoms with Gasteiger partial charge in [0.2, 0.25) is 23.6 Å². The Balaban J connectivity index is 1.55. The Bertz CT molecular complexity index is 1210. The van der Waals surface area contributed by atoms with E-state index in [1.165, 1.54) is 4.90 Å². The first-order valence-corrected chi connectivity index (χ1v) is 11.6. The van der Waals surface area contributed by atoms with Crippen molar-refractivity contribution in [3.63, 3.8) is 0 Å². The smallest absolute Gasteiger partial charge is 0.250 e. The number of nitrogens with zero attached hydrogens (tertiary/aromatic N) is 1. The number of imide groups is 1. The zero-order chi connectivity index (χ0) is 24.2. The van der Waals surface area contributed by atoms with Gasteiger partial charge in [0.1, 0.15) is 5.54 Å². The molecule has 0 unspecified atom stereocenters. The third-order valence-corrected chi connectivity index (χ3v) is 7.43. The molecule has 2 saturated heterocycles. The van der Waals surface area contributed by atoms with E-state index in [0.717, 1.165) is 16.7 Å². The number of primary amides is 1. The van der Waals surface area contributed by atoms with Gasteiger partial charge in [-0.15, -0.1) is 0 Å².